The highest BCUT2D eigenvalue weighted by molar-refractivity contribution is 5.94. The Balaban J connectivity index is 2.03. The van der Waals surface area contributed by atoms with Crippen molar-refractivity contribution in [1.82, 2.24) is 0 Å². The van der Waals surface area contributed by atoms with Gasteiger partial charge in [0.15, 0.2) is 0 Å². The zero-order valence-corrected chi connectivity index (χ0v) is 15.3. The molecule has 0 aromatic heterocycles. The molecule has 0 radical (unpaired) electrons. The molecule has 1 aliphatic heterocycles. The van der Waals surface area contributed by atoms with Crippen LogP contribution in [0.15, 0.2) is 30.3 Å². The Morgan fingerprint density at radius 3 is 2.60 bits per heavy atom. The van der Waals surface area contributed by atoms with Gasteiger partial charge >= 0.3 is 0 Å². The molecule has 0 amide bonds. The highest BCUT2D eigenvalue weighted by Crippen LogP contribution is 2.40. The highest BCUT2D eigenvalue weighted by Gasteiger charge is 2.19. The molecule has 25 heavy (non-hydrogen) atoms. The lowest BCUT2D eigenvalue weighted by atomic mass is 9.94. The maximum Gasteiger partial charge on any atom is 0.143 e. The molecule has 132 valence electrons. The predicted octanol–water partition coefficient (Wildman–Crippen LogP) is 4.77. The van der Waals surface area contributed by atoms with Gasteiger partial charge in [-0.05, 0) is 48.8 Å². The first kappa shape index (κ1) is 17.2. The monoisotopic (exact) mass is 339 g/mol. The number of aryl methyl sites for hydroxylation is 1. The third-order valence-corrected chi connectivity index (χ3v) is 4.42. The van der Waals surface area contributed by atoms with E-state index in [-0.39, 0.29) is 0 Å². The summed E-state index contributed by atoms with van der Waals surface area (Å²) in [6.45, 7) is 5.68. The van der Waals surface area contributed by atoms with E-state index in [1.807, 2.05) is 24.3 Å². The van der Waals surface area contributed by atoms with E-state index < -0.39 is 0 Å². The summed E-state index contributed by atoms with van der Waals surface area (Å²) in [6.07, 6.45) is 3.22. The van der Waals surface area contributed by atoms with Crippen LogP contribution >= 0.6 is 0 Å². The van der Waals surface area contributed by atoms with E-state index in [1.165, 1.54) is 16.7 Å². The molecule has 0 bridgehead atoms. The fourth-order valence-electron chi connectivity index (χ4n) is 3.05. The molecule has 4 heteroatoms. The number of methoxy groups -OCH3 is 2. The summed E-state index contributed by atoms with van der Waals surface area (Å²) in [6, 6.07) is 10.1. The number of hydrogen-bond donors (Lipinski definition) is 1. The summed E-state index contributed by atoms with van der Waals surface area (Å²) in [5.74, 6) is 2.52. The van der Waals surface area contributed by atoms with E-state index in [1.54, 1.807) is 14.2 Å². The number of anilines is 1. The van der Waals surface area contributed by atoms with E-state index in [9.17, 15) is 0 Å². The van der Waals surface area contributed by atoms with Gasteiger partial charge in [0, 0.05) is 23.7 Å². The van der Waals surface area contributed by atoms with Crippen LogP contribution in [0.25, 0.3) is 11.6 Å². The fraction of sp³-hybridized carbons (Fsp3) is 0.333. The maximum atomic E-state index is 5.89. The Bertz CT molecular complexity index is 796. The molecule has 1 N–H and O–H groups in total. The second kappa shape index (κ2) is 7.51. The lowest BCUT2D eigenvalue weighted by molar-refractivity contribution is 0.319. The molecule has 2 aromatic rings. The first-order chi connectivity index (χ1) is 12.2. The zero-order chi connectivity index (χ0) is 17.8. The molecule has 0 spiro atoms. The van der Waals surface area contributed by atoms with Gasteiger partial charge in [-0.1, -0.05) is 13.0 Å². The highest BCUT2D eigenvalue weighted by atomic mass is 16.5. The van der Waals surface area contributed by atoms with E-state index in [4.69, 9.17) is 14.2 Å². The lowest BCUT2D eigenvalue weighted by Crippen LogP contribution is -2.13. The van der Waals surface area contributed by atoms with Crippen molar-refractivity contribution < 1.29 is 14.2 Å². The number of nitrogens with one attached hydrogen (secondary N) is 1. The van der Waals surface area contributed by atoms with Gasteiger partial charge in [0.1, 0.15) is 17.2 Å². The second-order valence-corrected chi connectivity index (χ2v) is 6.11. The summed E-state index contributed by atoms with van der Waals surface area (Å²) in [5.41, 5.74) is 5.72. The molecule has 1 heterocycles. The van der Waals surface area contributed by atoms with Crippen LogP contribution in [0.4, 0.5) is 5.69 Å². The van der Waals surface area contributed by atoms with Crippen molar-refractivity contribution >= 4 is 17.3 Å². The molecule has 4 nitrogen and oxygen atoms in total. The topological polar surface area (TPSA) is 39.7 Å². The number of benzene rings is 2. The van der Waals surface area contributed by atoms with Crippen molar-refractivity contribution in [2.24, 2.45) is 0 Å². The zero-order valence-electron chi connectivity index (χ0n) is 15.3. The van der Waals surface area contributed by atoms with E-state index in [2.05, 4.69) is 31.3 Å². The Labute approximate surface area is 149 Å². The van der Waals surface area contributed by atoms with E-state index in [0.29, 0.717) is 0 Å². The normalized spacial score (nSPS) is 12.7. The van der Waals surface area contributed by atoms with Gasteiger partial charge in [0.25, 0.3) is 0 Å². The predicted molar refractivity (Wildman–Crippen MR) is 103 cm³/mol. The minimum Gasteiger partial charge on any atom is -0.497 e. The quantitative estimate of drug-likeness (QED) is 0.823. The summed E-state index contributed by atoms with van der Waals surface area (Å²) < 4.78 is 16.8. The van der Waals surface area contributed by atoms with Gasteiger partial charge in [0.2, 0.25) is 0 Å². The summed E-state index contributed by atoms with van der Waals surface area (Å²) in [4.78, 5) is 0. The standard InChI is InChI=1S/C21H25NO3/c1-5-10-25-19-9-6-14(2)18-11-15(13-22-21(18)19)17-8-7-16(23-3)12-20(17)24-4/h6-9,11-12,22H,5,10,13H2,1-4H3. The lowest BCUT2D eigenvalue weighted by Gasteiger charge is -2.24. The van der Waals surface area contributed by atoms with Gasteiger partial charge in [-0.2, -0.15) is 0 Å². The minimum atomic E-state index is 0.722. The number of rotatable bonds is 6. The van der Waals surface area contributed by atoms with Crippen LogP contribution in [0, 0.1) is 6.92 Å². The molecule has 0 saturated heterocycles. The number of ether oxygens (including phenoxy) is 3. The largest absolute Gasteiger partial charge is 0.497 e. The fourth-order valence-corrected chi connectivity index (χ4v) is 3.05. The first-order valence-electron chi connectivity index (χ1n) is 8.61. The average Bonchev–Trinajstić information content (AvgIpc) is 2.66. The Morgan fingerprint density at radius 2 is 1.88 bits per heavy atom. The molecule has 3 rings (SSSR count). The van der Waals surface area contributed by atoms with Gasteiger partial charge in [-0.25, -0.2) is 0 Å². The number of hydrogen-bond acceptors (Lipinski definition) is 4. The van der Waals surface area contributed by atoms with Gasteiger partial charge < -0.3 is 19.5 Å². The van der Waals surface area contributed by atoms with Crippen molar-refractivity contribution in [2.75, 3.05) is 32.7 Å². The molecule has 0 saturated carbocycles. The minimum absolute atomic E-state index is 0.722. The second-order valence-electron chi connectivity index (χ2n) is 6.11. The van der Waals surface area contributed by atoms with Gasteiger partial charge in [-0.3, -0.25) is 0 Å². The molecule has 0 atom stereocenters. The van der Waals surface area contributed by atoms with E-state index >= 15 is 0 Å². The molecule has 0 unspecified atom stereocenters. The first-order valence-corrected chi connectivity index (χ1v) is 8.61. The summed E-state index contributed by atoms with van der Waals surface area (Å²) in [5, 5.41) is 3.53. The van der Waals surface area contributed by atoms with Crippen molar-refractivity contribution in [2.45, 2.75) is 20.3 Å². The van der Waals surface area contributed by atoms with Crippen molar-refractivity contribution in [3.8, 4) is 17.2 Å². The van der Waals surface area contributed by atoms with Crippen LogP contribution in [0.1, 0.15) is 30.0 Å². The van der Waals surface area contributed by atoms with E-state index in [0.717, 1.165) is 48.1 Å². The van der Waals surface area contributed by atoms with Crippen LogP contribution in [-0.4, -0.2) is 27.4 Å². The van der Waals surface area contributed by atoms with Crippen molar-refractivity contribution in [3.63, 3.8) is 0 Å². The van der Waals surface area contributed by atoms with Gasteiger partial charge in [-0.15, -0.1) is 0 Å². The Kier molecular flexibility index (Phi) is 5.17. The molecule has 0 aliphatic carbocycles. The SMILES string of the molecule is CCCOc1ccc(C)c2c1NCC(c1ccc(OC)cc1OC)=C2. The van der Waals surface area contributed by atoms with Crippen LogP contribution < -0.4 is 19.5 Å². The third-order valence-electron chi connectivity index (χ3n) is 4.42. The maximum absolute atomic E-state index is 5.89. The van der Waals surface area contributed by atoms with Crippen LogP contribution in [0.2, 0.25) is 0 Å². The molecule has 2 aromatic carbocycles. The summed E-state index contributed by atoms with van der Waals surface area (Å²) >= 11 is 0. The average molecular weight is 339 g/mol. The molecule has 0 fully saturated rings. The summed E-state index contributed by atoms with van der Waals surface area (Å²) in [7, 11) is 3.35. The molecular weight excluding hydrogens is 314 g/mol. The van der Waals surface area contributed by atoms with Crippen LogP contribution in [-0.2, 0) is 0 Å². The van der Waals surface area contributed by atoms with Crippen LogP contribution in [0.5, 0.6) is 17.2 Å². The Morgan fingerprint density at radius 1 is 1.04 bits per heavy atom. The number of fused-ring (bicyclic) bond motifs is 1. The van der Waals surface area contributed by atoms with Crippen molar-refractivity contribution in [3.05, 3.63) is 47.0 Å². The smallest absolute Gasteiger partial charge is 0.143 e. The van der Waals surface area contributed by atoms with Crippen molar-refractivity contribution in [1.29, 1.82) is 0 Å². The molecular formula is C21H25NO3. The van der Waals surface area contributed by atoms with Crippen LogP contribution in [0.3, 0.4) is 0 Å². The third kappa shape index (κ3) is 3.43. The van der Waals surface area contributed by atoms with Gasteiger partial charge in [0.05, 0.1) is 26.5 Å². The molecule has 1 aliphatic rings. The Hall–Kier alpha value is -2.62.